The number of terminal acetylenes is 1. The Bertz CT molecular complexity index is 598. The Morgan fingerprint density at radius 2 is 2.32 bits per heavy atom. The Hall–Kier alpha value is -3.06. The van der Waals surface area contributed by atoms with Crippen molar-refractivity contribution in [1.82, 2.24) is 0 Å². The topological polar surface area (TPSA) is 116 Å². The van der Waals surface area contributed by atoms with Gasteiger partial charge in [0.2, 0.25) is 0 Å². The maximum absolute atomic E-state index is 10.9. The van der Waals surface area contributed by atoms with Crippen molar-refractivity contribution in [1.29, 1.82) is 5.26 Å². The molecule has 1 aromatic carbocycles. The number of benzene rings is 1. The standard InChI is InChI=1S/C12H9N3O4/c1-2-3-11(12(16)17)14-10-5-4-9(15(18)19)6-8(10)7-13/h1,4-6,11,14H,3H2,(H,16,17). The molecule has 0 spiro atoms. The van der Waals surface area contributed by atoms with E-state index < -0.39 is 16.9 Å². The number of nitro groups is 1. The van der Waals surface area contributed by atoms with Crippen LogP contribution in [0.1, 0.15) is 12.0 Å². The summed E-state index contributed by atoms with van der Waals surface area (Å²) in [5.74, 6) is 1.04. The third kappa shape index (κ3) is 3.45. The molecule has 0 fully saturated rings. The van der Waals surface area contributed by atoms with Gasteiger partial charge in [-0.15, -0.1) is 12.3 Å². The van der Waals surface area contributed by atoms with Gasteiger partial charge in [-0.25, -0.2) is 4.79 Å². The number of hydrogen-bond donors (Lipinski definition) is 2. The molecule has 1 aromatic rings. The Balaban J connectivity index is 3.08. The minimum Gasteiger partial charge on any atom is -0.480 e. The highest BCUT2D eigenvalue weighted by Crippen LogP contribution is 2.22. The maximum atomic E-state index is 10.9. The second-order valence-electron chi connectivity index (χ2n) is 3.54. The molecule has 1 atom stereocenters. The number of nitro benzene ring substituents is 1. The van der Waals surface area contributed by atoms with Crippen LogP contribution in [-0.4, -0.2) is 22.0 Å². The first-order chi connectivity index (χ1) is 8.99. The molecule has 7 nitrogen and oxygen atoms in total. The van der Waals surface area contributed by atoms with Crippen LogP contribution in [0.4, 0.5) is 11.4 Å². The van der Waals surface area contributed by atoms with Crippen molar-refractivity contribution in [2.75, 3.05) is 5.32 Å². The predicted octanol–water partition coefficient (Wildman–Crippen LogP) is 1.35. The smallest absolute Gasteiger partial charge is 0.327 e. The highest BCUT2D eigenvalue weighted by Gasteiger charge is 2.18. The van der Waals surface area contributed by atoms with E-state index in [1.54, 1.807) is 6.07 Å². The quantitative estimate of drug-likeness (QED) is 0.468. The zero-order chi connectivity index (χ0) is 14.4. The summed E-state index contributed by atoms with van der Waals surface area (Å²) in [5, 5.41) is 31.0. The van der Waals surface area contributed by atoms with E-state index in [4.69, 9.17) is 16.8 Å². The number of rotatable bonds is 5. The average molecular weight is 259 g/mol. The van der Waals surface area contributed by atoms with Crippen LogP contribution < -0.4 is 5.32 Å². The summed E-state index contributed by atoms with van der Waals surface area (Å²) in [5.41, 5.74) is -0.0702. The molecule has 19 heavy (non-hydrogen) atoms. The van der Waals surface area contributed by atoms with E-state index in [2.05, 4.69) is 11.2 Å². The summed E-state index contributed by atoms with van der Waals surface area (Å²) in [7, 11) is 0. The molecule has 1 unspecified atom stereocenters. The lowest BCUT2D eigenvalue weighted by atomic mass is 10.1. The number of anilines is 1. The van der Waals surface area contributed by atoms with E-state index in [0.29, 0.717) is 0 Å². The van der Waals surface area contributed by atoms with Crippen LogP contribution in [-0.2, 0) is 4.79 Å². The second-order valence-corrected chi connectivity index (χ2v) is 3.54. The Morgan fingerprint density at radius 3 is 2.79 bits per heavy atom. The Morgan fingerprint density at radius 1 is 1.63 bits per heavy atom. The molecule has 0 saturated carbocycles. The summed E-state index contributed by atoms with van der Waals surface area (Å²) in [6, 6.07) is 4.23. The van der Waals surface area contributed by atoms with E-state index in [1.165, 1.54) is 12.1 Å². The SMILES string of the molecule is C#CCC(Nc1ccc([N+](=O)[O-])cc1C#N)C(=O)O. The van der Waals surface area contributed by atoms with Crippen LogP contribution in [0.5, 0.6) is 0 Å². The summed E-state index contributed by atoms with van der Waals surface area (Å²) < 4.78 is 0. The van der Waals surface area contributed by atoms with Gasteiger partial charge in [-0.3, -0.25) is 10.1 Å². The van der Waals surface area contributed by atoms with Crippen molar-refractivity contribution in [3.05, 3.63) is 33.9 Å². The third-order valence-electron chi connectivity index (χ3n) is 2.28. The minimum absolute atomic E-state index is 0.0162. The van der Waals surface area contributed by atoms with Gasteiger partial charge < -0.3 is 10.4 Å². The molecule has 96 valence electrons. The predicted molar refractivity (Wildman–Crippen MR) is 66.3 cm³/mol. The first-order valence-electron chi connectivity index (χ1n) is 5.11. The Kier molecular flexibility index (Phi) is 4.44. The summed E-state index contributed by atoms with van der Waals surface area (Å²) in [6.45, 7) is 0. The molecule has 0 amide bonds. The molecule has 2 N–H and O–H groups in total. The highest BCUT2D eigenvalue weighted by atomic mass is 16.6. The normalized spacial score (nSPS) is 10.8. The van der Waals surface area contributed by atoms with Crippen molar-refractivity contribution < 1.29 is 14.8 Å². The van der Waals surface area contributed by atoms with Gasteiger partial charge >= 0.3 is 5.97 Å². The van der Waals surface area contributed by atoms with Crippen LogP contribution in [0.2, 0.25) is 0 Å². The number of nitrogens with zero attached hydrogens (tertiary/aromatic N) is 2. The molecule has 7 heteroatoms. The number of non-ortho nitro benzene ring substituents is 1. The summed E-state index contributed by atoms with van der Waals surface area (Å²) in [4.78, 5) is 20.8. The third-order valence-corrected chi connectivity index (χ3v) is 2.28. The van der Waals surface area contributed by atoms with Crippen molar-refractivity contribution in [2.45, 2.75) is 12.5 Å². The van der Waals surface area contributed by atoms with E-state index in [-0.39, 0.29) is 23.4 Å². The largest absolute Gasteiger partial charge is 0.480 e. The molecule has 0 aliphatic carbocycles. The molecule has 0 saturated heterocycles. The van der Waals surface area contributed by atoms with Gasteiger partial charge in [-0.1, -0.05) is 0 Å². The van der Waals surface area contributed by atoms with Crippen LogP contribution >= 0.6 is 0 Å². The van der Waals surface area contributed by atoms with Gasteiger partial charge in [0.25, 0.3) is 5.69 Å². The molecular formula is C12H9N3O4. The van der Waals surface area contributed by atoms with Crippen molar-refractivity contribution in [2.24, 2.45) is 0 Å². The number of nitriles is 1. The van der Waals surface area contributed by atoms with E-state index in [9.17, 15) is 14.9 Å². The van der Waals surface area contributed by atoms with Gasteiger partial charge in [0.1, 0.15) is 12.1 Å². The number of nitrogens with one attached hydrogen (secondary N) is 1. The average Bonchev–Trinajstić information content (AvgIpc) is 2.38. The number of hydrogen-bond acceptors (Lipinski definition) is 5. The zero-order valence-corrected chi connectivity index (χ0v) is 9.66. The molecule has 1 rings (SSSR count). The molecule has 0 bridgehead atoms. The monoisotopic (exact) mass is 259 g/mol. The fraction of sp³-hybridized carbons (Fsp3) is 0.167. The van der Waals surface area contributed by atoms with E-state index in [1.807, 2.05) is 0 Å². The van der Waals surface area contributed by atoms with Crippen LogP contribution in [0.25, 0.3) is 0 Å². The fourth-order valence-electron chi connectivity index (χ4n) is 1.37. The lowest BCUT2D eigenvalue weighted by Crippen LogP contribution is -2.29. The fourth-order valence-corrected chi connectivity index (χ4v) is 1.37. The van der Waals surface area contributed by atoms with Crippen LogP contribution in [0, 0.1) is 33.8 Å². The lowest BCUT2D eigenvalue weighted by Gasteiger charge is -2.14. The summed E-state index contributed by atoms with van der Waals surface area (Å²) >= 11 is 0. The maximum Gasteiger partial charge on any atom is 0.327 e. The van der Waals surface area contributed by atoms with Gasteiger partial charge in [0, 0.05) is 18.6 Å². The van der Waals surface area contributed by atoms with Gasteiger partial charge in [0.15, 0.2) is 0 Å². The lowest BCUT2D eigenvalue weighted by molar-refractivity contribution is -0.384. The minimum atomic E-state index is -1.17. The first-order valence-corrected chi connectivity index (χ1v) is 5.11. The van der Waals surface area contributed by atoms with Gasteiger partial charge in [-0.2, -0.15) is 5.26 Å². The number of carbonyl (C=O) groups is 1. The molecule has 0 aromatic heterocycles. The molecule has 0 aliphatic rings. The Labute approximate surface area is 108 Å². The summed E-state index contributed by atoms with van der Waals surface area (Å²) in [6.07, 6.45) is 4.98. The zero-order valence-electron chi connectivity index (χ0n) is 9.66. The molecular weight excluding hydrogens is 250 g/mol. The number of carboxylic acid groups (broad SMARTS) is 1. The van der Waals surface area contributed by atoms with Crippen LogP contribution in [0.15, 0.2) is 18.2 Å². The van der Waals surface area contributed by atoms with E-state index >= 15 is 0 Å². The molecule has 0 aliphatic heterocycles. The molecule has 0 radical (unpaired) electrons. The van der Waals surface area contributed by atoms with Gasteiger partial charge in [0.05, 0.1) is 16.2 Å². The van der Waals surface area contributed by atoms with E-state index in [0.717, 1.165) is 6.07 Å². The number of carboxylic acids is 1. The van der Waals surface area contributed by atoms with Crippen molar-refractivity contribution in [3.63, 3.8) is 0 Å². The number of aliphatic carboxylic acids is 1. The second kappa shape index (κ2) is 6.03. The van der Waals surface area contributed by atoms with Crippen LogP contribution in [0.3, 0.4) is 0 Å². The highest BCUT2D eigenvalue weighted by molar-refractivity contribution is 5.79. The van der Waals surface area contributed by atoms with Crippen molar-refractivity contribution in [3.8, 4) is 18.4 Å². The van der Waals surface area contributed by atoms with Crippen molar-refractivity contribution >= 4 is 17.3 Å². The molecule has 0 heterocycles. The van der Waals surface area contributed by atoms with Gasteiger partial charge in [-0.05, 0) is 6.07 Å². The first kappa shape index (κ1) is 14.0.